The standard InChI is InChI=1S/C17H20ClN3O3/c1-22-14-6-5-13(12-15(14)23-2)19-17(18)21-9-7-20(8-10-21)16-4-3-11-24-16/h3-6,11-12H,7-10H2,1-2H3. The van der Waals surface area contributed by atoms with Crippen molar-refractivity contribution in [2.75, 3.05) is 45.3 Å². The quantitative estimate of drug-likeness (QED) is 0.481. The van der Waals surface area contributed by atoms with Crippen LogP contribution in [0.4, 0.5) is 11.6 Å². The summed E-state index contributed by atoms with van der Waals surface area (Å²) in [5, 5.41) is 0.473. The van der Waals surface area contributed by atoms with E-state index in [1.165, 1.54) is 0 Å². The zero-order chi connectivity index (χ0) is 16.9. The number of halogens is 1. The van der Waals surface area contributed by atoms with Gasteiger partial charge in [-0.3, -0.25) is 0 Å². The molecule has 2 aromatic rings. The first-order chi connectivity index (χ1) is 11.7. The molecular formula is C17H20ClN3O3. The van der Waals surface area contributed by atoms with E-state index in [1.54, 1.807) is 26.5 Å². The molecule has 1 saturated heterocycles. The van der Waals surface area contributed by atoms with Gasteiger partial charge in [-0.25, -0.2) is 4.99 Å². The first kappa shape index (κ1) is 16.5. The Balaban J connectivity index is 1.66. The van der Waals surface area contributed by atoms with E-state index in [-0.39, 0.29) is 0 Å². The molecule has 2 heterocycles. The van der Waals surface area contributed by atoms with Crippen LogP contribution in [-0.4, -0.2) is 50.6 Å². The third-order valence-electron chi connectivity index (χ3n) is 3.95. The van der Waals surface area contributed by atoms with Gasteiger partial charge < -0.3 is 23.7 Å². The Morgan fingerprint density at radius 1 is 1.08 bits per heavy atom. The van der Waals surface area contributed by atoms with E-state index in [1.807, 2.05) is 24.3 Å². The van der Waals surface area contributed by atoms with Crippen LogP contribution in [0.25, 0.3) is 0 Å². The summed E-state index contributed by atoms with van der Waals surface area (Å²) >= 11 is 6.40. The zero-order valence-corrected chi connectivity index (χ0v) is 14.5. The van der Waals surface area contributed by atoms with E-state index in [9.17, 15) is 0 Å². The van der Waals surface area contributed by atoms with Gasteiger partial charge in [0.25, 0.3) is 0 Å². The van der Waals surface area contributed by atoms with Gasteiger partial charge in [0.2, 0.25) is 0 Å². The predicted molar refractivity (Wildman–Crippen MR) is 95.0 cm³/mol. The van der Waals surface area contributed by atoms with Crippen molar-refractivity contribution in [1.82, 2.24) is 4.90 Å². The SMILES string of the molecule is COc1ccc(N=C(Cl)N2CCN(c3ccco3)CC2)cc1OC. The van der Waals surface area contributed by atoms with Gasteiger partial charge >= 0.3 is 0 Å². The van der Waals surface area contributed by atoms with Crippen LogP contribution >= 0.6 is 11.6 Å². The second-order valence-corrected chi connectivity index (χ2v) is 5.68. The number of hydrogen-bond acceptors (Lipinski definition) is 5. The fourth-order valence-corrected chi connectivity index (χ4v) is 2.90. The highest BCUT2D eigenvalue weighted by Crippen LogP contribution is 2.31. The monoisotopic (exact) mass is 349 g/mol. The molecule has 0 unspecified atom stereocenters. The molecule has 1 aromatic carbocycles. The molecule has 0 spiro atoms. The first-order valence-corrected chi connectivity index (χ1v) is 8.08. The Morgan fingerprint density at radius 3 is 2.46 bits per heavy atom. The molecule has 1 aromatic heterocycles. The van der Waals surface area contributed by atoms with Crippen LogP contribution in [0.2, 0.25) is 0 Å². The Morgan fingerprint density at radius 2 is 1.83 bits per heavy atom. The van der Waals surface area contributed by atoms with Crippen molar-refractivity contribution in [3.8, 4) is 11.5 Å². The summed E-state index contributed by atoms with van der Waals surface area (Å²) in [6, 6.07) is 9.34. The maximum atomic E-state index is 6.40. The molecule has 0 amide bonds. The Hall–Kier alpha value is -2.34. The van der Waals surface area contributed by atoms with Crippen molar-refractivity contribution in [3.05, 3.63) is 36.6 Å². The third-order valence-corrected chi connectivity index (χ3v) is 4.27. The summed E-state index contributed by atoms with van der Waals surface area (Å²) in [4.78, 5) is 8.73. The molecule has 0 N–H and O–H groups in total. The summed E-state index contributed by atoms with van der Waals surface area (Å²) in [6.45, 7) is 3.25. The number of nitrogens with zero attached hydrogens (tertiary/aromatic N) is 3. The van der Waals surface area contributed by atoms with Gasteiger partial charge in [-0.2, -0.15) is 0 Å². The number of benzene rings is 1. The number of aliphatic imine (C=N–C) groups is 1. The summed E-state index contributed by atoms with van der Waals surface area (Å²) in [7, 11) is 3.20. The maximum Gasteiger partial charge on any atom is 0.199 e. The zero-order valence-electron chi connectivity index (χ0n) is 13.7. The molecule has 1 aliphatic heterocycles. The molecule has 0 saturated carbocycles. The maximum absolute atomic E-state index is 6.40. The molecule has 0 radical (unpaired) electrons. The van der Waals surface area contributed by atoms with E-state index in [4.69, 9.17) is 25.5 Å². The Bertz CT molecular complexity index is 695. The average Bonchev–Trinajstić information content (AvgIpc) is 3.16. The van der Waals surface area contributed by atoms with Gasteiger partial charge in [-0.15, -0.1) is 0 Å². The van der Waals surface area contributed by atoms with Crippen molar-refractivity contribution in [2.45, 2.75) is 0 Å². The number of piperazine rings is 1. The van der Waals surface area contributed by atoms with Crippen LogP contribution in [0.3, 0.4) is 0 Å². The molecule has 0 bridgehead atoms. The molecule has 128 valence electrons. The van der Waals surface area contributed by atoms with Gasteiger partial charge in [-0.1, -0.05) is 0 Å². The van der Waals surface area contributed by atoms with Gasteiger partial charge in [0.05, 0.1) is 26.2 Å². The number of furan rings is 1. The largest absolute Gasteiger partial charge is 0.493 e. The van der Waals surface area contributed by atoms with Gasteiger partial charge in [0.15, 0.2) is 22.7 Å². The fraction of sp³-hybridized carbons (Fsp3) is 0.353. The van der Waals surface area contributed by atoms with Crippen LogP contribution in [0.15, 0.2) is 46.0 Å². The number of methoxy groups -OCH3 is 2. The van der Waals surface area contributed by atoms with E-state index < -0.39 is 0 Å². The lowest BCUT2D eigenvalue weighted by atomic mass is 10.3. The summed E-state index contributed by atoms with van der Waals surface area (Å²) < 4.78 is 15.9. The molecule has 6 nitrogen and oxygen atoms in total. The summed E-state index contributed by atoms with van der Waals surface area (Å²) in [6.07, 6.45) is 1.69. The second-order valence-electron chi connectivity index (χ2n) is 5.35. The average molecular weight is 350 g/mol. The molecule has 7 heteroatoms. The minimum absolute atomic E-state index is 0.473. The van der Waals surface area contributed by atoms with Crippen molar-refractivity contribution in [2.24, 2.45) is 4.99 Å². The highest BCUT2D eigenvalue weighted by Gasteiger charge is 2.20. The lowest BCUT2D eigenvalue weighted by molar-refractivity contribution is 0.355. The highest BCUT2D eigenvalue weighted by atomic mass is 35.5. The lowest BCUT2D eigenvalue weighted by Gasteiger charge is -2.34. The van der Waals surface area contributed by atoms with E-state index in [2.05, 4.69) is 14.8 Å². The van der Waals surface area contributed by atoms with E-state index in [0.29, 0.717) is 16.8 Å². The molecule has 3 rings (SSSR count). The van der Waals surface area contributed by atoms with Crippen LogP contribution < -0.4 is 14.4 Å². The minimum atomic E-state index is 0.473. The van der Waals surface area contributed by atoms with Gasteiger partial charge in [-0.05, 0) is 29.8 Å². The molecule has 0 atom stereocenters. The number of hydrogen-bond donors (Lipinski definition) is 0. The molecular weight excluding hydrogens is 330 g/mol. The fourth-order valence-electron chi connectivity index (χ4n) is 2.63. The number of anilines is 1. The van der Waals surface area contributed by atoms with E-state index >= 15 is 0 Å². The Kier molecular flexibility index (Phi) is 5.15. The van der Waals surface area contributed by atoms with E-state index in [0.717, 1.165) is 37.8 Å². The van der Waals surface area contributed by atoms with Crippen molar-refractivity contribution in [1.29, 1.82) is 0 Å². The summed E-state index contributed by atoms with van der Waals surface area (Å²) in [5.41, 5.74) is 0.728. The number of amidine groups is 1. The van der Waals surface area contributed by atoms with Crippen LogP contribution in [0, 0.1) is 0 Å². The number of rotatable bonds is 4. The minimum Gasteiger partial charge on any atom is -0.493 e. The van der Waals surface area contributed by atoms with Crippen molar-refractivity contribution >= 4 is 28.5 Å². The van der Waals surface area contributed by atoms with Crippen molar-refractivity contribution < 1.29 is 13.9 Å². The first-order valence-electron chi connectivity index (χ1n) is 7.71. The van der Waals surface area contributed by atoms with Crippen LogP contribution in [0.1, 0.15) is 0 Å². The highest BCUT2D eigenvalue weighted by molar-refractivity contribution is 6.64. The van der Waals surface area contributed by atoms with Crippen LogP contribution in [0.5, 0.6) is 11.5 Å². The number of ether oxygens (including phenoxy) is 2. The van der Waals surface area contributed by atoms with Gasteiger partial charge in [0, 0.05) is 38.3 Å². The summed E-state index contributed by atoms with van der Waals surface area (Å²) in [5.74, 6) is 2.19. The topological polar surface area (TPSA) is 50.4 Å². The molecule has 24 heavy (non-hydrogen) atoms. The van der Waals surface area contributed by atoms with Gasteiger partial charge in [0.1, 0.15) is 0 Å². The molecule has 0 aliphatic carbocycles. The molecule has 1 aliphatic rings. The third kappa shape index (κ3) is 3.59. The predicted octanol–water partition coefficient (Wildman–Crippen LogP) is 3.35. The normalized spacial score (nSPS) is 15.5. The van der Waals surface area contributed by atoms with Crippen molar-refractivity contribution in [3.63, 3.8) is 0 Å². The Labute approximate surface area is 146 Å². The second kappa shape index (κ2) is 7.49. The smallest absolute Gasteiger partial charge is 0.199 e. The lowest BCUT2D eigenvalue weighted by Crippen LogP contribution is -2.47. The van der Waals surface area contributed by atoms with Crippen LogP contribution in [-0.2, 0) is 0 Å². The molecule has 1 fully saturated rings.